The SMILES string of the molecule is CCCCNc1nc(C)cc(N)n1. The Balaban J connectivity index is 2.56. The molecule has 0 bridgehead atoms. The largest absolute Gasteiger partial charge is 0.384 e. The minimum Gasteiger partial charge on any atom is -0.384 e. The fourth-order valence-corrected chi connectivity index (χ4v) is 1.05. The van der Waals surface area contributed by atoms with E-state index in [1.807, 2.05) is 6.92 Å². The standard InChI is InChI=1S/C9H16N4/c1-3-4-5-11-9-12-7(2)6-8(10)13-9/h6H,3-5H2,1-2H3,(H3,10,11,12,13). The molecule has 1 aromatic rings. The lowest BCUT2D eigenvalue weighted by molar-refractivity contribution is 0.825. The maximum absolute atomic E-state index is 5.57. The Morgan fingerprint density at radius 3 is 2.85 bits per heavy atom. The zero-order valence-electron chi connectivity index (χ0n) is 8.17. The van der Waals surface area contributed by atoms with Gasteiger partial charge >= 0.3 is 0 Å². The van der Waals surface area contributed by atoms with Crippen LogP contribution >= 0.6 is 0 Å². The van der Waals surface area contributed by atoms with Gasteiger partial charge in [0, 0.05) is 18.3 Å². The topological polar surface area (TPSA) is 63.8 Å². The zero-order valence-corrected chi connectivity index (χ0v) is 8.17. The van der Waals surface area contributed by atoms with Gasteiger partial charge in [-0.25, -0.2) is 4.98 Å². The molecule has 4 nitrogen and oxygen atoms in total. The molecule has 0 unspecified atom stereocenters. The molecule has 3 N–H and O–H groups in total. The fraction of sp³-hybridized carbons (Fsp3) is 0.556. The highest BCUT2D eigenvalue weighted by molar-refractivity contribution is 5.37. The Kier molecular flexibility index (Phi) is 3.49. The van der Waals surface area contributed by atoms with Crippen LogP contribution < -0.4 is 11.1 Å². The van der Waals surface area contributed by atoms with Crippen molar-refractivity contribution in [3.05, 3.63) is 11.8 Å². The van der Waals surface area contributed by atoms with E-state index in [-0.39, 0.29) is 0 Å². The van der Waals surface area contributed by atoms with Crippen LogP contribution in [0.4, 0.5) is 11.8 Å². The van der Waals surface area contributed by atoms with E-state index < -0.39 is 0 Å². The lowest BCUT2D eigenvalue weighted by Crippen LogP contribution is -2.07. The van der Waals surface area contributed by atoms with Gasteiger partial charge in [-0.2, -0.15) is 4.98 Å². The van der Waals surface area contributed by atoms with Crippen LogP contribution in [0.1, 0.15) is 25.5 Å². The van der Waals surface area contributed by atoms with E-state index in [0.29, 0.717) is 11.8 Å². The fourth-order valence-electron chi connectivity index (χ4n) is 1.05. The summed E-state index contributed by atoms with van der Waals surface area (Å²) in [7, 11) is 0. The first-order valence-corrected chi connectivity index (χ1v) is 4.57. The van der Waals surface area contributed by atoms with Crippen LogP contribution in [-0.4, -0.2) is 16.5 Å². The number of hydrogen-bond donors (Lipinski definition) is 2. The summed E-state index contributed by atoms with van der Waals surface area (Å²) < 4.78 is 0. The number of nitrogens with zero attached hydrogens (tertiary/aromatic N) is 2. The quantitative estimate of drug-likeness (QED) is 0.690. The summed E-state index contributed by atoms with van der Waals surface area (Å²) in [5, 5.41) is 3.12. The molecule has 0 saturated carbocycles. The van der Waals surface area contributed by atoms with Crippen molar-refractivity contribution in [1.82, 2.24) is 9.97 Å². The van der Waals surface area contributed by atoms with Gasteiger partial charge in [0.1, 0.15) is 5.82 Å². The second-order valence-electron chi connectivity index (χ2n) is 3.04. The van der Waals surface area contributed by atoms with Gasteiger partial charge in [0.15, 0.2) is 0 Å². The zero-order chi connectivity index (χ0) is 9.68. The molecule has 0 atom stereocenters. The second kappa shape index (κ2) is 4.64. The van der Waals surface area contributed by atoms with E-state index in [2.05, 4.69) is 22.2 Å². The van der Waals surface area contributed by atoms with Gasteiger partial charge in [-0.3, -0.25) is 0 Å². The summed E-state index contributed by atoms with van der Waals surface area (Å²) in [6, 6.07) is 1.75. The molecule has 0 spiro atoms. The van der Waals surface area contributed by atoms with Crippen molar-refractivity contribution in [2.24, 2.45) is 0 Å². The summed E-state index contributed by atoms with van der Waals surface area (Å²) in [5.41, 5.74) is 6.47. The molecule has 0 radical (unpaired) electrons. The van der Waals surface area contributed by atoms with E-state index in [1.54, 1.807) is 6.07 Å². The average molecular weight is 180 g/mol. The number of nitrogens with one attached hydrogen (secondary N) is 1. The molecule has 1 aromatic heterocycles. The number of hydrogen-bond acceptors (Lipinski definition) is 4. The van der Waals surface area contributed by atoms with E-state index in [9.17, 15) is 0 Å². The predicted octanol–water partition coefficient (Wildman–Crippen LogP) is 1.58. The summed E-state index contributed by atoms with van der Waals surface area (Å²) >= 11 is 0. The smallest absolute Gasteiger partial charge is 0.224 e. The number of nitrogen functional groups attached to an aromatic ring is 1. The van der Waals surface area contributed by atoms with Gasteiger partial charge in [0.25, 0.3) is 0 Å². The van der Waals surface area contributed by atoms with Gasteiger partial charge in [-0.1, -0.05) is 13.3 Å². The lowest BCUT2D eigenvalue weighted by Gasteiger charge is -2.04. The van der Waals surface area contributed by atoms with Crippen molar-refractivity contribution in [3.63, 3.8) is 0 Å². The number of nitrogens with two attached hydrogens (primary N) is 1. The summed E-state index contributed by atoms with van der Waals surface area (Å²) in [5.74, 6) is 1.15. The summed E-state index contributed by atoms with van der Waals surface area (Å²) in [6.07, 6.45) is 2.28. The number of aromatic nitrogens is 2. The highest BCUT2D eigenvalue weighted by Crippen LogP contribution is 2.05. The van der Waals surface area contributed by atoms with Gasteiger partial charge in [-0.15, -0.1) is 0 Å². The van der Waals surface area contributed by atoms with Crippen LogP contribution in [0.25, 0.3) is 0 Å². The first kappa shape index (κ1) is 9.77. The van der Waals surface area contributed by atoms with E-state index >= 15 is 0 Å². The molecular formula is C9H16N4. The first-order chi connectivity index (χ1) is 6.22. The first-order valence-electron chi connectivity index (χ1n) is 4.57. The van der Waals surface area contributed by atoms with Gasteiger partial charge in [0.05, 0.1) is 0 Å². The van der Waals surface area contributed by atoms with Gasteiger partial charge in [0.2, 0.25) is 5.95 Å². The molecule has 13 heavy (non-hydrogen) atoms. The van der Waals surface area contributed by atoms with Crippen molar-refractivity contribution in [2.45, 2.75) is 26.7 Å². The third-order valence-corrected chi connectivity index (χ3v) is 1.69. The van der Waals surface area contributed by atoms with Gasteiger partial charge < -0.3 is 11.1 Å². The number of rotatable bonds is 4. The van der Waals surface area contributed by atoms with Crippen LogP contribution in [0.2, 0.25) is 0 Å². The van der Waals surface area contributed by atoms with E-state index in [1.165, 1.54) is 0 Å². The predicted molar refractivity (Wildman–Crippen MR) is 54.6 cm³/mol. The number of aryl methyl sites for hydroxylation is 1. The maximum Gasteiger partial charge on any atom is 0.224 e. The third-order valence-electron chi connectivity index (χ3n) is 1.69. The van der Waals surface area contributed by atoms with E-state index in [4.69, 9.17) is 5.73 Å². The molecule has 0 aliphatic carbocycles. The Bertz CT molecular complexity index is 252. The Labute approximate surface area is 78.6 Å². The Morgan fingerprint density at radius 1 is 1.46 bits per heavy atom. The molecule has 0 aliphatic heterocycles. The molecule has 0 aliphatic rings. The summed E-state index contributed by atoms with van der Waals surface area (Å²) in [6.45, 7) is 4.95. The highest BCUT2D eigenvalue weighted by atomic mass is 15.1. The Morgan fingerprint density at radius 2 is 2.23 bits per heavy atom. The Hall–Kier alpha value is -1.32. The number of anilines is 2. The molecule has 0 aromatic carbocycles. The van der Waals surface area contributed by atoms with E-state index in [0.717, 1.165) is 25.1 Å². The molecule has 0 fully saturated rings. The molecule has 0 amide bonds. The van der Waals surface area contributed by atoms with Crippen molar-refractivity contribution < 1.29 is 0 Å². The average Bonchev–Trinajstić information content (AvgIpc) is 2.03. The monoisotopic (exact) mass is 180 g/mol. The summed E-state index contributed by atoms with van der Waals surface area (Å²) in [4.78, 5) is 8.26. The minimum absolute atomic E-state index is 0.520. The van der Waals surface area contributed by atoms with Gasteiger partial charge in [-0.05, 0) is 13.3 Å². The molecule has 1 rings (SSSR count). The molecule has 0 saturated heterocycles. The molecule has 72 valence electrons. The van der Waals surface area contributed by atoms with Crippen molar-refractivity contribution >= 4 is 11.8 Å². The van der Waals surface area contributed by atoms with Crippen molar-refractivity contribution in [2.75, 3.05) is 17.6 Å². The van der Waals surface area contributed by atoms with Crippen LogP contribution in [0.3, 0.4) is 0 Å². The van der Waals surface area contributed by atoms with Crippen molar-refractivity contribution in [1.29, 1.82) is 0 Å². The third kappa shape index (κ3) is 3.27. The minimum atomic E-state index is 0.520. The number of unbranched alkanes of at least 4 members (excludes halogenated alkanes) is 1. The molecule has 4 heteroatoms. The normalized spacial score (nSPS) is 10.0. The maximum atomic E-state index is 5.57. The van der Waals surface area contributed by atoms with Crippen LogP contribution in [-0.2, 0) is 0 Å². The molecule has 1 heterocycles. The molecular weight excluding hydrogens is 164 g/mol. The second-order valence-corrected chi connectivity index (χ2v) is 3.04. The van der Waals surface area contributed by atoms with Crippen LogP contribution in [0.15, 0.2) is 6.07 Å². The highest BCUT2D eigenvalue weighted by Gasteiger charge is 1.97. The van der Waals surface area contributed by atoms with Crippen LogP contribution in [0.5, 0.6) is 0 Å². The van der Waals surface area contributed by atoms with Crippen LogP contribution in [0, 0.1) is 6.92 Å². The lowest BCUT2D eigenvalue weighted by atomic mass is 10.3. The van der Waals surface area contributed by atoms with Crippen molar-refractivity contribution in [3.8, 4) is 0 Å².